The molecule has 1 fully saturated rings. The van der Waals surface area contributed by atoms with Gasteiger partial charge in [-0.1, -0.05) is 43.4 Å². The summed E-state index contributed by atoms with van der Waals surface area (Å²) in [6.45, 7) is 1.94. The van der Waals surface area contributed by atoms with Crippen molar-refractivity contribution in [1.82, 2.24) is 4.98 Å². The summed E-state index contributed by atoms with van der Waals surface area (Å²) in [5, 5.41) is 3.64. The van der Waals surface area contributed by atoms with Gasteiger partial charge in [-0.15, -0.1) is 11.3 Å². The molecule has 3 rings (SSSR count). The molecule has 0 radical (unpaired) electrons. The highest BCUT2D eigenvalue weighted by Crippen LogP contribution is 2.36. The molecule has 5 nitrogen and oxygen atoms in total. The molecule has 2 aromatic rings. The number of hydrogen-bond acceptors (Lipinski definition) is 5. The van der Waals surface area contributed by atoms with Gasteiger partial charge in [-0.2, -0.15) is 0 Å². The minimum atomic E-state index is -3.41. The van der Waals surface area contributed by atoms with Crippen LogP contribution in [0.5, 0.6) is 0 Å². The van der Waals surface area contributed by atoms with Crippen LogP contribution in [-0.4, -0.2) is 25.6 Å². The molecule has 1 unspecified atom stereocenters. The fourth-order valence-corrected chi connectivity index (χ4v) is 5.62. The Hall–Kier alpha value is -1.44. The van der Waals surface area contributed by atoms with Crippen LogP contribution in [0, 0.1) is 12.8 Å². The lowest BCUT2D eigenvalue weighted by atomic mass is 9.87. The smallest absolute Gasteiger partial charge is 0.233 e. The molecule has 0 aliphatic heterocycles. The lowest BCUT2D eigenvalue weighted by molar-refractivity contribution is -0.118. The highest BCUT2D eigenvalue weighted by molar-refractivity contribution is 7.90. The lowest BCUT2D eigenvalue weighted by Crippen LogP contribution is -2.23. The van der Waals surface area contributed by atoms with Gasteiger partial charge in [0.05, 0.1) is 15.8 Å². The largest absolute Gasteiger partial charge is 0.301 e. The Morgan fingerprint density at radius 2 is 2.07 bits per heavy atom. The number of aryl methyl sites for hydroxylation is 1. The molecule has 1 saturated carbocycles. The zero-order valence-corrected chi connectivity index (χ0v) is 17.8. The Bertz CT molecular complexity index is 934. The van der Waals surface area contributed by atoms with E-state index < -0.39 is 9.84 Å². The molecule has 1 aliphatic rings. The number of halogens is 1. The average molecular weight is 427 g/mol. The van der Waals surface area contributed by atoms with Gasteiger partial charge in [0.25, 0.3) is 0 Å². The number of nitrogens with zero attached hydrogens (tertiary/aromatic N) is 1. The van der Waals surface area contributed by atoms with Gasteiger partial charge in [-0.25, -0.2) is 13.4 Å². The molecule has 1 N–H and O–H groups in total. The minimum absolute atomic E-state index is 0.0866. The first-order valence-corrected chi connectivity index (χ1v) is 12.1. The fourth-order valence-electron chi connectivity index (χ4n) is 3.61. The molecule has 0 spiro atoms. The molecule has 1 heterocycles. The number of benzene rings is 1. The Kier molecular flexibility index (Phi) is 6.23. The second-order valence-corrected chi connectivity index (χ2v) is 10.8. The van der Waals surface area contributed by atoms with Crippen LogP contribution in [0.4, 0.5) is 5.13 Å². The molecule has 1 aromatic carbocycles. The molecule has 0 saturated heterocycles. The number of carbonyl (C=O) groups excluding carboxylic acids is 1. The van der Waals surface area contributed by atoms with E-state index in [-0.39, 0.29) is 21.7 Å². The highest BCUT2D eigenvalue weighted by atomic mass is 35.5. The molecule has 1 aliphatic carbocycles. The number of amides is 1. The molecule has 146 valence electrons. The topological polar surface area (TPSA) is 76.1 Å². The van der Waals surface area contributed by atoms with E-state index in [1.165, 1.54) is 30.2 Å². The lowest BCUT2D eigenvalue weighted by Gasteiger charge is -2.20. The monoisotopic (exact) mass is 426 g/mol. The van der Waals surface area contributed by atoms with Crippen molar-refractivity contribution in [3.8, 4) is 0 Å². The van der Waals surface area contributed by atoms with Gasteiger partial charge in [0.1, 0.15) is 0 Å². The third kappa shape index (κ3) is 5.09. The van der Waals surface area contributed by atoms with Crippen LogP contribution >= 0.6 is 22.9 Å². The van der Waals surface area contributed by atoms with Gasteiger partial charge in [0.2, 0.25) is 5.91 Å². The first kappa shape index (κ1) is 20.3. The zero-order chi connectivity index (χ0) is 19.6. The molecular weight excluding hydrogens is 404 g/mol. The maximum Gasteiger partial charge on any atom is 0.233 e. The van der Waals surface area contributed by atoms with Crippen LogP contribution in [0.15, 0.2) is 29.3 Å². The van der Waals surface area contributed by atoms with Crippen LogP contribution in [0.25, 0.3) is 0 Å². The Morgan fingerprint density at radius 1 is 1.37 bits per heavy atom. The number of nitrogens with one attached hydrogen (secondary N) is 1. The average Bonchev–Trinajstić information content (AvgIpc) is 3.23. The SMILES string of the molecule is Cc1cnc(NC(=O)C(CC2CCCC2)c2ccc(S(C)(=O)=O)c(Cl)c2)s1. The maximum atomic E-state index is 13.0. The van der Waals surface area contributed by atoms with Crippen molar-refractivity contribution < 1.29 is 13.2 Å². The Labute approximate surface area is 169 Å². The number of hydrogen-bond donors (Lipinski definition) is 1. The summed E-state index contributed by atoms with van der Waals surface area (Å²) >= 11 is 7.65. The van der Waals surface area contributed by atoms with Crippen molar-refractivity contribution in [2.45, 2.75) is 49.8 Å². The zero-order valence-electron chi connectivity index (χ0n) is 15.4. The van der Waals surface area contributed by atoms with E-state index >= 15 is 0 Å². The van der Waals surface area contributed by atoms with Gasteiger partial charge in [-0.3, -0.25) is 4.79 Å². The van der Waals surface area contributed by atoms with Gasteiger partial charge >= 0.3 is 0 Å². The number of carbonyl (C=O) groups is 1. The fraction of sp³-hybridized carbons (Fsp3) is 0.474. The molecule has 1 aromatic heterocycles. The van der Waals surface area contributed by atoms with Crippen LogP contribution in [-0.2, 0) is 14.6 Å². The van der Waals surface area contributed by atoms with Gasteiger partial charge in [0, 0.05) is 17.3 Å². The molecule has 0 bridgehead atoms. The standard InChI is InChI=1S/C19H23ClN2O3S2/c1-12-11-21-19(26-12)22-18(23)15(9-13-5-3-4-6-13)14-7-8-17(16(20)10-14)27(2,24)25/h7-8,10-11,13,15H,3-6,9H2,1-2H3,(H,21,22,23). The van der Waals surface area contributed by atoms with Crippen molar-refractivity contribution in [2.24, 2.45) is 5.92 Å². The van der Waals surface area contributed by atoms with Crippen molar-refractivity contribution in [1.29, 1.82) is 0 Å². The molecule has 1 amide bonds. The normalized spacial score (nSPS) is 16.4. The van der Waals surface area contributed by atoms with Crippen molar-refractivity contribution in [3.63, 3.8) is 0 Å². The minimum Gasteiger partial charge on any atom is -0.301 e. The second kappa shape index (κ2) is 8.29. The van der Waals surface area contributed by atoms with Crippen molar-refractivity contribution in [3.05, 3.63) is 39.9 Å². The van der Waals surface area contributed by atoms with Crippen molar-refractivity contribution in [2.75, 3.05) is 11.6 Å². The summed E-state index contributed by atoms with van der Waals surface area (Å²) in [4.78, 5) is 18.3. The number of anilines is 1. The highest BCUT2D eigenvalue weighted by Gasteiger charge is 2.28. The molecule has 27 heavy (non-hydrogen) atoms. The summed E-state index contributed by atoms with van der Waals surface area (Å²) in [5.41, 5.74) is 0.741. The summed E-state index contributed by atoms with van der Waals surface area (Å²) < 4.78 is 23.6. The van der Waals surface area contributed by atoms with E-state index in [9.17, 15) is 13.2 Å². The van der Waals surface area contributed by atoms with Gasteiger partial charge in [0.15, 0.2) is 15.0 Å². The molecule has 8 heteroatoms. The van der Waals surface area contributed by atoms with Crippen LogP contribution in [0.3, 0.4) is 0 Å². The van der Waals surface area contributed by atoms with Crippen LogP contribution in [0.1, 0.15) is 48.5 Å². The Balaban J connectivity index is 1.89. The summed E-state index contributed by atoms with van der Waals surface area (Å²) in [5.74, 6) is -0.0185. The van der Waals surface area contributed by atoms with Gasteiger partial charge in [-0.05, 0) is 37.0 Å². The van der Waals surface area contributed by atoms with E-state index in [2.05, 4.69) is 10.3 Å². The summed E-state index contributed by atoms with van der Waals surface area (Å²) in [7, 11) is -3.41. The van der Waals surface area contributed by atoms with E-state index in [4.69, 9.17) is 11.6 Å². The molecule has 1 atom stereocenters. The first-order valence-electron chi connectivity index (χ1n) is 8.97. The van der Waals surface area contributed by atoms with E-state index in [0.29, 0.717) is 11.0 Å². The number of rotatable bonds is 6. The van der Waals surface area contributed by atoms with E-state index in [1.54, 1.807) is 18.3 Å². The Morgan fingerprint density at radius 3 is 2.63 bits per heavy atom. The summed E-state index contributed by atoms with van der Waals surface area (Å²) in [6, 6.07) is 4.81. The van der Waals surface area contributed by atoms with Crippen LogP contribution < -0.4 is 5.32 Å². The second-order valence-electron chi connectivity index (χ2n) is 7.17. The predicted molar refractivity (Wildman–Crippen MR) is 109 cm³/mol. The van der Waals surface area contributed by atoms with E-state index in [0.717, 1.165) is 36.0 Å². The number of sulfone groups is 1. The first-order chi connectivity index (χ1) is 12.7. The predicted octanol–water partition coefficient (Wildman–Crippen LogP) is 4.81. The third-order valence-electron chi connectivity index (χ3n) is 4.97. The van der Waals surface area contributed by atoms with E-state index in [1.807, 2.05) is 6.92 Å². The quantitative estimate of drug-likeness (QED) is 0.718. The maximum absolute atomic E-state index is 13.0. The van der Waals surface area contributed by atoms with Crippen molar-refractivity contribution >= 4 is 43.8 Å². The molecular formula is C19H23ClN2O3S2. The summed E-state index contributed by atoms with van der Waals surface area (Å²) in [6.07, 6.45) is 8.21. The number of aromatic nitrogens is 1. The van der Waals surface area contributed by atoms with Crippen LogP contribution in [0.2, 0.25) is 5.02 Å². The van der Waals surface area contributed by atoms with Gasteiger partial charge < -0.3 is 5.32 Å². The third-order valence-corrected chi connectivity index (χ3v) is 7.38. The number of thiazole rings is 1.